The summed E-state index contributed by atoms with van der Waals surface area (Å²) < 4.78 is 5.01. The topological polar surface area (TPSA) is 108 Å². The number of nitro benzene ring substituents is 1. The zero-order chi connectivity index (χ0) is 16.8. The van der Waals surface area contributed by atoms with E-state index < -0.39 is 22.5 Å². The Hall–Kier alpha value is -2.54. The molecule has 1 rings (SSSR count). The minimum absolute atomic E-state index is 0.109. The third kappa shape index (κ3) is 5.84. The largest absolute Gasteiger partial charge is 0.425 e. The molecule has 0 bridgehead atoms. The molecule has 1 aromatic rings. The van der Waals surface area contributed by atoms with Gasteiger partial charge in [-0.05, 0) is 32.9 Å². The maximum absolute atomic E-state index is 11.9. The lowest BCUT2D eigenvalue weighted by Gasteiger charge is -2.22. The monoisotopic (exact) mass is 308 g/mol. The molecule has 1 aromatic carbocycles. The fraction of sp³-hybridized carbons (Fsp3) is 0.357. The minimum Gasteiger partial charge on any atom is -0.425 e. The van der Waals surface area contributed by atoms with Crippen LogP contribution < -0.4 is 10.2 Å². The zero-order valence-electron chi connectivity index (χ0n) is 12.4. The first-order valence-corrected chi connectivity index (χ1v) is 6.33. The summed E-state index contributed by atoms with van der Waals surface area (Å²) in [5.74, 6) is 0.792. The van der Waals surface area contributed by atoms with Gasteiger partial charge >= 0.3 is 5.97 Å². The molecule has 0 fully saturated rings. The van der Waals surface area contributed by atoms with E-state index in [2.05, 4.69) is 5.48 Å². The Labute approximate surface area is 126 Å². The molecule has 22 heavy (non-hydrogen) atoms. The summed E-state index contributed by atoms with van der Waals surface area (Å²) in [6, 6.07) is 3.82. The van der Waals surface area contributed by atoms with Crippen molar-refractivity contribution in [1.82, 2.24) is 5.48 Å². The molecule has 118 valence electrons. The van der Waals surface area contributed by atoms with Crippen LogP contribution in [0.5, 0.6) is 5.75 Å². The van der Waals surface area contributed by atoms with Crippen molar-refractivity contribution in [2.75, 3.05) is 0 Å². The molecule has 0 aromatic heterocycles. The van der Waals surface area contributed by atoms with Crippen molar-refractivity contribution in [2.45, 2.75) is 32.4 Å². The summed E-state index contributed by atoms with van der Waals surface area (Å²) in [5.41, 5.74) is 1.70. The van der Waals surface area contributed by atoms with Crippen LogP contribution in [0.2, 0.25) is 0 Å². The van der Waals surface area contributed by atoms with E-state index in [0.717, 1.165) is 6.08 Å². The van der Waals surface area contributed by atoms with E-state index in [-0.39, 0.29) is 11.4 Å². The normalized spacial score (nSPS) is 12.1. The van der Waals surface area contributed by atoms with Gasteiger partial charge in [-0.25, -0.2) is 9.59 Å². The molecule has 0 radical (unpaired) electrons. The Bertz CT molecular complexity index is 584. The molecule has 0 saturated heterocycles. The van der Waals surface area contributed by atoms with Gasteiger partial charge in [-0.15, -0.1) is 0 Å². The quantitative estimate of drug-likeness (QED) is 0.279. The molecule has 0 aliphatic rings. The molecule has 0 aliphatic heterocycles. The Morgan fingerprint density at radius 3 is 2.41 bits per heavy atom. The Morgan fingerprint density at radius 1 is 1.36 bits per heavy atom. The van der Waals surface area contributed by atoms with E-state index in [1.165, 1.54) is 30.2 Å². The first-order chi connectivity index (χ1) is 10.2. The minimum atomic E-state index is -1.15. The molecular formula is C14H16N2O6. The van der Waals surface area contributed by atoms with E-state index in [4.69, 9.17) is 9.57 Å². The number of hydrogen-bond acceptors (Lipinski definition) is 7. The van der Waals surface area contributed by atoms with Crippen LogP contribution in [0.4, 0.5) is 5.69 Å². The van der Waals surface area contributed by atoms with Crippen LogP contribution in [0.15, 0.2) is 30.3 Å². The van der Waals surface area contributed by atoms with E-state index in [1.54, 1.807) is 20.8 Å². The average Bonchev–Trinajstić information content (AvgIpc) is 2.42. The van der Waals surface area contributed by atoms with Crippen molar-refractivity contribution in [1.29, 1.82) is 0 Å². The Morgan fingerprint density at radius 2 is 1.95 bits per heavy atom. The molecule has 0 amide bonds. The van der Waals surface area contributed by atoms with Gasteiger partial charge in [0.15, 0.2) is 6.04 Å². The molecule has 8 nitrogen and oxygen atoms in total. The molecule has 0 saturated carbocycles. The van der Waals surface area contributed by atoms with Crippen molar-refractivity contribution in [2.24, 2.45) is 0 Å². The number of carbonyl (C=O) groups excluding carboxylic acids is 2. The van der Waals surface area contributed by atoms with Crippen molar-refractivity contribution in [3.63, 3.8) is 0 Å². The second kappa shape index (κ2) is 7.46. The summed E-state index contributed by atoms with van der Waals surface area (Å²) in [5, 5.41) is 10.5. The van der Waals surface area contributed by atoms with Crippen LogP contribution >= 0.6 is 0 Å². The summed E-state index contributed by atoms with van der Waals surface area (Å²) in [6.45, 7) is 5.26. The SMILES string of the molecule is CC(C)(C)ON[C@@H](C=C=O)C(=O)Oc1ccc([N+](=O)[O-])cc1. The summed E-state index contributed by atoms with van der Waals surface area (Å²) in [6.07, 6.45) is 0.916. The highest BCUT2D eigenvalue weighted by Gasteiger charge is 2.22. The van der Waals surface area contributed by atoms with E-state index in [0.29, 0.717) is 0 Å². The van der Waals surface area contributed by atoms with Gasteiger partial charge in [0.1, 0.15) is 11.7 Å². The summed E-state index contributed by atoms with van der Waals surface area (Å²) in [7, 11) is 0. The predicted molar refractivity (Wildman–Crippen MR) is 76.8 cm³/mol. The third-order valence-corrected chi connectivity index (χ3v) is 2.25. The van der Waals surface area contributed by atoms with E-state index >= 15 is 0 Å². The molecule has 0 unspecified atom stereocenters. The smallest absolute Gasteiger partial charge is 0.335 e. The van der Waals surface area contributed by atoms with Gasteiger partial charge in [0.2, 0.25) is 0 Å². The zero-order valence-corrected chi connectivity index (χ0v) is 12.4. The lowest BCUT2D eigenvalue weighted by Crippen LogP contribution is -2.42. The number of carbonyl (C=O) groups is 1. The summed E-state index contributed by atoms with van der Waals surface area (Å²) in [4.78, 5) is 37.6. The molecule has 0 spiro atoms. The molecule has 0 aliphatic carbocycles. The van der Waals surface area contributed by atoms with Crippen LogP contribution in [0.25, 0.3) is 0 Å². The number of nitro groups is 1. The number of esters is 1. The van der Waals surface area contributed by atoms with Gasteiger partial charge in [0.05, 0.1) is 10.5 Å². The van der Waals surface area contributed by atoms with Crippen molar-refractivity contribution in [3.05, 3.63) is 40.5 Å². The van der Waals surface area contributed by atoms with Crippen molar-refractivity contribution >= 4 is 17.6 Å². The predicted octanol–water partition coefficient (Wildman–Crippen LogP) is 1.58. The van der Waals surface area contributed by atoms with Crippen LogP contribution in [0.1, 0.15) is 20.8 Å². The maximum atomic E-state index is 11.9. The highest BCUT2D eigenvalue weighted by Crippen LogP contribution is 2.17. The van der Waals surface area contributed by atoms with Crippen molar-refractivity contribution in [3.8, 4) is 5.75 Å². The van der Waals surface area contributed by atoms with Gasteiger partial charge in [0.25, 0.3) is 5.69 Å². The van der Waals surface area contributed by atoms with Gasteiger partial charge in [0, 0.05) is 18.2 Å². The molecule has 1 atom stereocenters. The maximum Gasteiger partial charge on any atom is 0.335 e. The number of rotatable bonds is 6. The number of ether oxygens (including phenoxy) is 1. The number of nitrogens with one attached hydrogen (secondary N) is 1. The van der Waals surface area contributed by atoms with Crippen molar-refractivity contribution < 1.29 is 24.1 Å². The van der Waals surface area contributed by atoms with Crippen LogP contribution in [-0.4, -0.2) is 28.5 Å². The summed E-state index contributed by atoms with van der Waals surface area (Å²) >= 11 is 0. The number of nitrogens with zero attached hydrogens (tertiary/aromatic N) is 1. The fourth-order valence-corrected chi connectivity index (χ4v) is 1.27. The van der Waals surface area contributed by atoms with Crippen LogP contribution in [-0.2, 0) is 14.4 Å². The van der Waals surface area contributed by atoms with Gasteiger partial charge < -0.3 is 4.74 Å². The second-order valence-corrected chi connectivity index (χ2v) is 5.27. The fourth-order valence-electron chi connectivity index (χ4n) is 1.27. The number of hydroxylamine groups is 1. The first kappa shape index (κ1) is 17.5. The molecule has 1 N–H and O–H groups in total. The van der Waals surface area contributed by atoms with E-state index in [1.807, 2.05) is 0 Å². The van der Waals surface area contributed by atoms with Gasteiger partial charge in [-0.2, -0.15) is 5.48 Å². The lowest BCUT2D eigenvalue weighted by molar-refractivity contribution is -0.384. The number of non-ortho nitro benzene ring substituents is 1. The molecule has 0 heterocycles. The molecular weight excluding hydrogens is 292 g/mol. The third-order valence-electron chi connectivity index (χ3n) is 2.25. The van der Waals surface area contributed by atoms with Gasteiger partial charge in [-0.1, -0.05) is 0 Å². The van der Waals surface area contributed by atoms with Crippen LogP contribution in [0.3, 0.4) is 0 Å². The first-order valence-electron chi connectivity index (χ1n) is 6.33. The number of benzene rings is 1. The lowest BCUT2D eigenvalue weighted by atomic mass is 10.2. The Kier molecular flexibility index (Phi) is 5.94. The highest BCUT2D eigenvalue weighted by atomic mass is 16.7. The molecule has 8 heteroatoms. The second-order valence-electron chi connectivity index (χ2n) is 5.27. The average molecular weight is 308 g/mol. The van der Waals surface area contributed by atoms with E-state index in [9.17, 15) is 19.7 Å². The van der Waals surface area contributed by atoms with Crippen LogP contribution in [0, 0.1) is 10.1 Å². The standard InChI is InChI=1S/C14H16N2O6/c1-14(2,3)22-15-12(8-9-17)13(18)21-11-6-4-10(5-7-11)16(19)20/h4-8,12,15H,1-3H3/t12-/m0/s1. The van der Waals surface area contributed by atoms with Gasteiger partial charge in [-0.3, -0.25) is 15.0 Å². The Balaban J connectivity index is 2.74. The highest BCUT2D eigenvalue weighted by molar-refractivity contribution is 5.82. The number of hydrogen-bond donors (Lipinski definition) is 1.